The fourth-order valence-corrected chi connectivity index (χ4v) is 3.58. The Hall–Kier alpha value is -1.56. The highest BCUT2D eigenvalue weighted by Gasteiger charge is 2.18. The van der Waals surface area contributed by atoms with Crippen molar-refractivity contribution in [3.8, 4) is 0 Å². The SMILES string of the molecule is Cc1cc(N)cc(S(=O)(=O)NCc2ccccc2Cl)c1C. The van der Waals surface area contributed by atoms with Crippen molar-refractivity contribution in [3.05, 3.63) is 58.1 Å². The zero-order valence-corrected chi connectivity index (χ0v) is 13.4. The summed E-state index contributed by atoms with van der Waals surface area (Å²) in [4.78, 5) is 0.201. The van der Waals surface area contributed by atoms with E-state index in [1.54, 1.807) is 31.2 Å². The Morgan fingerprint density at radius 1 is 1.19 bits per heavy atom. The van der Waals surface area contributed by atoms with Crippen LogP contribution in [0.1, 0.15) is 16.7 Å². The van der Waals surface area contributed by atoms with E-state index in [0.717, 1.165) is 11.1 Å². The average molecular weight is 325 g/mol. The molecule has 2 aromatic carbocycles. The second-order valence-electron chi connectivity index (χ2n) is 4.88. The second-order valence-corrected chi connectivity index (χ2v) is 7.02. The molecule has 0 aliphatic carbocycles. The first-order valence-electron chi connectivity index (χ1n) is 6.41. The van der Waals surface area contributed by atoms with E-state index in [2.05, 4.69) is 4.72 Å². The molecule has 0 atom stereocenters. The third kappa shape index (κ3) is 3.56. The van der Waals surface area contributed by atoms with Crippen LogP contribution in [0.25, 0.3) is 0 Å². The van der Waals surface area contributed by atoms with Gasteiger partial charge in [-0.1, -0.05) is 29.8 Å². The number of hydrogen-bond donors (Lipinski definition) is 2. The topological polar surface area (TPSA) is 72.2 Å². The highest BCUT2D eigenvalue weighted by atomic mass is 35.5. The van der Waals surface area contributed by atoms with Gasteiger partial charge >= 0.3 is 0 Å². The number of hydrogen-bond acceptors (Lipinski definition) is 3. The van der Waals surface area contributed by atoms with Crippen molar-refractivity contribution in [2.75, 3.05) is 5.73 Å². The summed E-state index contributed by atoms with van der Waals surface area (Å²) in [5, 5.41) is 0.528. The van der Waals surface area contributed by atoms with E-state index < -0.39 is 10.0 Å². The molecule has 0 saturated carbocycles. The van der Waals surface area contributed by atoms with Gasteiger partial charge in [-0.05, 0) is 48.7 Å². The fraction of sp³-hybridized carbons (Fsp3) is 0.200. The molecule has 2 aromatic rings. The van der Waals surface area contributed by atoms with Crippen LogP contribution in [-0.4, -0.2) is 8.42 Å². The maximum atomic E-state index is 12.4. The van der Waals surface area contributed by atoms with Crippen molar-refractivity contribution in [3.63, 3.8) is 0 Å². The van der Waals surface area contributed by atoms with Crippen molar-refractivity contribution in [2.45, 2.75) is 25.3 Å². The first-order chi connectivity index (χ1) is 9.81. The summed E-state index contributed by atoms with van der Waals surface area (Å²) in [6, 6.07) is 10.3. The van der Waals surface area contributed by atoms with E-state index in [9.17, 15) is 8.42 Å². The monoisotopic (exact) mass is 324 g/mol. The number of aryl methyl sites for hydroxylation is 1. The standard InChI is InChI=1S/C15H17ClN2O2S/c1-10-7-13(17)8-15(11(10)2)21(19,20)18-9-12-5-3-4-6-14(12)16/h3-8,18H,9,17H2,1-2H3. The van der Waals surface area contributed by atoms with E-state index >= 15 is 0 Å². The Kier molecular flexibility index (Phi) is 4.56. The van der Waals surface area contributed by atoms with Crippen LogP contribution in [0.5, 0.6) is 0 Å². The average Bonchev–Trinajstić information content (AvgIpc) is 2.42. The number of rotatable bonds is 4. The maximum Gasteiger partial charge on any atom is 0.241 e. The molecule has 0 aliphatic rings. The lowest BCUT2D eigenvalue weighted by atomic mass is 10.1. The molecule has 0 bridgehead atoms. The van der Waals surface area contributed by atoms with Crippen molar-refractivity contribution in [1.29, 1.82) is 0 Å². The van der Waals surface area contributed by atoms with Gasteiger partial charge in [0.15, 0.2) is 0 Å². The predicted molar refractivity (Wildman–Crippen MR) is 85.8 cm³/mol. The molecule has 0 saturated heterocycles. The summed E-state index contributed by atoms with van der Waals surface area (Å²) in [6.07, 6.45) is 0. The zero-order chi connectivity index (χ0) is 15.6. The van der Waals surface area contributed by atoms with Gasteiger partial charge in [0.25, 0.3) is 0 Å². The lowest BCUT2D eigenvalue weighted by molar-refractivity contribution is 0.580. The van der Waals surface area contributed by atoms with Crippen LogP contribution < -0.4 is 10.5 Å². The van der Waals surface area contributed by atoms with Gasteiger partial charge in [0.1, 0.15) is 0 Å². The molecule has 112 valence electrons. The number of nitrogen functional groups attached to an aromatic ring is 1. The molecule has 0 spiro atoms. The third-order valence-corrected chi connectivity index (χ3v) is 5.24. The molecular formula is C15H17ClN2O2S. The smallest absolute Gasteiger partial charge is 0.241 e. The molecule has 6 heteroatoms. The molecule has 2 rings (SSSR count). The lowest BCUT2D eigenvalue weighted by Crippen LogP contribution is -2.24. The minimum Gasteiger partial charge on any atom is -0.399 e. The minimum atomic E-state index is -3.64. The van der Waals surface area contributed by atoms with Gasteiger partial charge in [-0.2, -0.15) is 0 Å². The molecule has 0 fully saturated rings. The van der Waals surface area contributed by atoms with E-state index in [1.807, 2.05) is 13.0 Å². The van der Waals surface area contributed by atoms with E-state index in [0.29, 0.717) is 16.3 Å². The Morgan fingerprint density at radius 2 is 1.86 bits per heavy atom. The quantitative estimate of drug-likeness (QED) is 0.849. The Morgan fingerprint density at radius 3 is 2.52 bits per heavy atom. The van der Waals surface area contributed by atoms with E-state index in [-0.39, 0.29) is 11.4 Å². The van der Waals surface area contributed by atoms with Gasteiger partial charge in [-0.15, -0.1) is 0 Å². The number of nitrogens with two attached hydrogens (primary N) is 1. The third-order valence-electron chi connectivity index (χ3n) is 3.34. The van der Waals surface area contributed by atoms with Crippen LogP contribution in [0.15, 0.2) is 41.3 Å². The Labute approximate surface area is 130 Å². The largest absolute Gasteiger partial charge is 0.399 e. The van der Waals surface area contributed by atoms with Gasteiger partial charge in [0, 0.05) is 17.3 Å². The summed E-state index contributed by atoms with van der Waals surface area (Å²) in [5.41, 5.74) is 8.42. The number of sulfonamides is 1. The Bertz CT molecular complexity index is 773. The molecule has 0 aromatic heterocycles. The number of anilines is 1. The number of benzene rings is 2. The highest BCUT2D eigenvalue weighted by molar-refractivity contribution is 7.89. The maximum absolute atomic E-state index is 12.4. The fourth-order valence-electron chi connectivity index (χ4n) is 2.03. The molecule has 0 aliphatic heterocycles. The number of nitrogens with one attached hydrogen (secondary N) is 1. The van der Waals surface area contributed by atoms with Gasteiger partial charge < -0.3 is 5.73 Å². The molecule has 0 amide bonds. The van der Waals surface area contributed by atoms with Crippen LogP contribution in [0.3, 0.4) is 0 Å². The zero-order valence-electron chi connectivity index (χ0n) is 11.9. The van der Waals surface area contributed by atoms with Gasteiger partial charge in [0.05, 0.1) is 4.90 Å². The first-order valence-corrected chi connectivity index (χ1v) is 8.27. The Balaban J connectivity index is 2.30. The predicted octanol–water partition coefficient (Wildman–Crippen LogP) is 3.02. The van der Waals surface area contributed by atoms with Crippen molar-refractivity contribution in [1.82, 2.24) is 4.72 Å². The normalized spacial score (nSPS) is 11.6. The number of halogens is 1. The van der Waals surface area contributed by atoms with Crippen LogP contribution in [0.2, 0.25) is 5.02 Å². The van der Waals surface area contributed by atoms with E-state index in [4.69, 9.17) is 17.3 Å². The summed E-state index contributed by atoms with van der Waals surface area (Å²) in [7, 11) is -3.64. The van der Waals surface area contributed by atoms with Crippen LogP contribution in [-0.2, 0) is 16.6 Å². The minimum absolute atomic E-state index is 0.134. The first kappa shape index (κ1) is 15.8. The highest BCUT2D eigenvalue weighted by Crippen LogP contribution is 2.23. The van der Waals surface area contributed by atoms with Gasteiger partial charge in [-0.25, -0.2) is 13.1 Å². The summed E-state index contributed by atoms with van der Waals surface area (Å²) in [5.74, 6) is 0. The van der Waals surface area contributed by atoms with Crippen LogP contribution >= 0.6 is 11.6 Å². The van der Waals surface area contributed by atoms with Crippen molar-refractivity contribution < 1.29 is 8.42 Å². The van der Waals surface area contributed by atoms with Gasteiger partial charge in [0.2, 0.25) is 10.0 Å². The summed E-state index contributed by atoms with van der Waals surface area (Å²) >= 11 is 6.03. The van der Waals surface area contributed by atoms with Crippen LogP contribution in [0, 0.1) is 13.8 Å². The lowest BCUT2D eigenvalue weighted by Gasteiger charge is -2.12. The van der Waals surface area contributed by atoms with E-state index in [1.165, 1.54) is 6.07 Å². The second kappa shape index (κ2) is 6.05. The molecule has 0 unspecified atom stereocenters. The molecule has 3 N–H and O–H groups in total. The van der Waals surface area contributed by atoms with Crippen LogP contribution in [0.4, 0.5) is 5.69 Å². The molecule has 4 nitrogen and oxygen atoms in total. The molecular weight excluding hydrogens is 308 g/mol. The summed E-state index contributed by atoms with van der Waals surface area (Å²) in [6.45, 7) is 3.73. The summed E-state index contributed by atoms with van der Waals surface area (Å²) < 4.78 is 27.4. The van der Waals surface area contributed by atoms with Crippen molar-refractivity contribution >= 4 is 27.3 Å². The van der Waals surface area contributed by atoms with Crippen molar-refractivity contribution in [2.24, 2.45) is 0 Å². The molecule has 0 radical (unpaired) electrons. The van der Waals surface area contributed by atoms with Gasteiger partial charge in [-0.3, -0.25) is 0 Å². The molecule has 21 heavy (non-hydrogen) atoms. The molecule has 0 heterocycles.